The van der Waals surface area contributed by atoms with E-state index in [-0.39, 0.29) is 5.78 Å². The second-order valence-electron chi connectivity index (χ2n) is 14.4. The predicted octanol–water partition coefficient (Wildman–Crippen LogP) is 7.90. The number of amidine groups is 1. The molecule has 10 heteroatoms. The van der Waals surface area contributed by atoms with E-state index in [9.17, 15) is 9.59 Å². The molecule has 0 radical (unpaired) electrons. The standard InChI is InChI=1S/C34H48N4O5Si/c1-20(2)44(21(3)4,22(5)6)43-34-12-13-37(31(34)36-27-17-24(8)23(7)16-26(27)29(34)39)25-18-28-30(35-19-25)38(14-15-41-28)32(40)42-33(9,10)11/h16-22H,12-15H2,1-11H3/t34-/m1/s1. The molecule has 0 saturated carbocycles. The highest BCUT2D eigenvalue weighted by molar-refractivity contribution is 6.78. The molecule has 0 bridgehead atoms. The van der Waals surface area contributed by atoms with Crippen LogP contribution in [-0.4, -0.2) is 61.9 Å². The number of hydrogen-bond acceptors (Lipinski definition) is 8. The van der Waals surface area contributed by atoms with Crippen LogP contribution >= 0.6 is 0 Å². The average molecular weight is 621 g/mol. The molecular weight excluding hydrogens is 572 g/mol. The van der Waals surface area contributed by atoms with E-state index in [0.717, 1.165) is 16.8 Å². The van der Waals surface area contributed by atoms with Crippen LogP contribution in [0.2, 0.25) is 16.6 Å². The van der Waals surface area contributed by atoms with Gasteiger partial charge in [-0.15, -0.1) is 0 Å². The van der Waals surface area contributed by atoms with Gasteiger partial charge in [0.2, 0.25) is 14.1 Å². The van der Waals surface area contributed by atoms with Crippen molar-refractivity contribution >= 4 is 43.2 Å². The summed E-state index contributed by atoms with van der Waals surface area (Å²) >= 11 is 0. The molecule has 3 aliphatic rings. The van der Waals surface area contributed by atoms with E-state index in [1.54, 1.807) is 6.20 Å². The highest BCUT2D eigenvalue weighted by Crippen LogP contribution is 2.51. The van der Waals surface area contributed by atoms with Crippen molar-refractivity contribution in [2.75, 3.05) is 29.5 Å². The second kappa shape index (κ2) is 11.3. The number of aliphatic imine (C=N–C) groups is 1. The number of anilines is 2. The molecule has 5 rings (SSSR count). The summed E-state index contributed by atoms with van der Waals surface area (Å²) in [5.41, 5.74) is 3.22. The third kappa shape index (κ3) is 5.23. The van der Waals surface area contributed by atoms with E-state index in [2.05, 4.69) is 46.4 Å². The lowest BCUT2D eigenvalue weighted by Crippen LogP contribution is -2.61. The largest absolute Gasteiger partial charge is 0.488 e. The maximum Gasteiger partial charge on any atom is 0.416 e. The Balaban J connectivity index is 1.62. The van der Waals surface area contributed by atoms with Crippen LogP contribution in [-0.2, 0) is 9.16 Å². The number of rotatable bonds is 6. The molecule has 0 unspecified atom stereocenters. The Labute approximate surface area is 263 Å². The Morgan fingerprint density at radius 1 is 1.00 bits per heavy atom. The number of benzene rings is 1. The van der Waals surface area contributed by atoms with Crippen molar-refractivity contribution < 1.29 is 23.5 Å². The van der Waals surface area contributed by atoms with E-state index < -0.39 is 25.6 Å². The molecule has 1 fully saturated rings. The lowest BCUT2D eigenvalue weighted by atomic mass is 9.86. The zero-order valence-corrected chi connectivity index (χ0v) is 29.2. The van der Waals surface area contributed by atoms with Crippen LogP contribution < -0.4 is 14.5 Å². The first kappa shape index (κ1) is 32.2. The monoisotopic (exact) mass is 620 g/mol. The Morgan fingerprint density at radius 2 is 1.64 bits per heavy atom. The molecule has 3 aliphatic heterocycles. The van der Waals surface area contributed by atoms with Gasteiger partial charge in [-0.2, -0.15) is 0 Å². The number of Topliss-reactive ketones (excluding diaryl/α,β-unsaturated/α-hetero) is 1. The van der Waals surface area contributed by atoms with Crippen LogP contribution in [0.15, 0.2) is 29.4 Å². The molecule has 9 nitrogen and oxygen atoms in total. The Hall–Kier alpha value is -3.24. The Bertz CT molecular complexity index is 1490. The van der Waals surface area contributed by atoms with Gasteiger partial charge in [-0.1, -0.05) is 41.5 Å². The molecule has 1 amide bonds. The highest BCUT2D eigenvalue weighted by atomic mass is 28.4. The van der Waals surface area contributed by atoms with Crippen LogP contribution in [0.25, 0.3) is 0 Å². The number of carbonyl (C=O) groups excluding carboxylic acids is 2. The Morgan fingerprint density at radius 3 is 2.25 bits per heavy atom. The number of pyridine rings is 1. The topological polar surface area (TPSA) is 93.6 Å². The van der Waals surface area contributed by atoms with Gasteiger partial charge < -0.3 is 18.8 Å². The molecule has 238 valence electrons. The quantitative estimate of drug-likeness (QED) is 0.303. The smallest absolute Gasteiger partial charge is 0.416 e. The van der Waals surface area contributed by atoms with Gasteiger partial charge in [-0.3, -0.25) is 9.69 Å². The summed E-state index contributed by atoms with van der Waals surface area (Å²) in [7, 11) is -2.52. The number of ether oxygens (including phenoxy) is 2. The van der Waals surface area contributed by atoms with Crippen LogP contribution in [0.3, 0.4) is 0 Å². The first-order valence-corrected chi connectivity index (χ1v) is 18.0. The summed E-state index contributed by atoms with van der Waals surface area (Å²) in [6.07, 6.45) is 1.75. The molecule has 0 N–H and O–H groups in total. The van der Waals surface area contributed by atoms with Gasteiger partial charge in [0.15, 0.2) is 17.2 Å². The van der Waals surface area contributed by atoms with E-state index in [4.69, 9.17) is 23.9 Å². The molecule has 2 aromatic rings. The normalized spacial score (nSPS) is 20.0. The van der Waals surface area contributed by atoms with Crippen molar-refractivity contribution in [2.24, 2.45) is 4.99 Å². The third-order valence-corrected chi connectivity index (χ3v) is 15.5. The molecule has 1 saturated heterocycles. The maximum absolute atomic E-state index is 14.8. The molecule has 1 aromatic heterocycles. The second-order valence-corrected chi connectivity index (χ2v) is 19.7. The number of nitrogens with zero attached hydrogens (tertiary/aromatic N) is 4. The van der Waals surface area contributed by atoms with Crippen molar-refractivity contribution in [3.05, 3.63) is 41.1 Å². The van der Waals surface area contributed by atoms with Crippen molar-refractivity contribution in [1.82, 2.24) is 4.98 Å². The predicted molar refractivity (Wildman–Crippen MR) is 177 cm³/mol. The van der Waals surface area contributed by atoms with Crippen LogP contribution in [0.5, 0.6) is 5.75 Å². The fraction of sp³-hybridized carbons (Fsp3) is 0.588. The van der Waals surface area contributed by atoms with Crippen molar-refractivity contribution in [3.8, 4) is 5.75 Å². The average Bonchev–Trinajstić information content (AvgIpc) is 3.30. The van der Waals surface area contributed by atoms with Crippen LogP contribution in [0.4, 0.5) is 22.0 Å². The van der Waals surface area contributed by atoms with Gasteiger partial charge in [-0.05, 0) is 74.5 Å². The summed E-state index contributed by atoms with van der Waals surface area (Å²) in [6.45, 7) is 24.2. The molecular formula is C34H48N4O5Si. The lowest BCUT2D eigenvalue weighted by Gasteiger charge is -2.48. The molecule has 4 heterocycles. The van der Waals surface area contributed by atoms with Gasteiger partial charge in [0.25, 0.3) is 0 Å². The van der Waals surface area contributed by atoms with Crippen molar-refractivity contribution in [2.45, 2.75) is 110 Å². The first-order valence-electron chi connectivity index (χ1n) is 15.9. The van der Waals surface area contributed by atoms with Gasteiger partial charge in [-0.25, -0.2) is 14.8 Å². The van der Waals surface area contributed by atoms with Crippen molar-refractivity contribution in [3.63, 3.8) is 0 Å². The van der Waals surface area contributed by atoms with Gasteiger partial charge in [0, 0.05) is 24.6 Å². The maximum atomic E-state index is 14.8. The van der Waals surface area contributed by atoms with Gasteiger partial charge in [0.05, 0.1) is 24.1 Å². The summed E-state index contributed by atoms with van der Waals surface area (Å²) in [5.74, 6) is 1.50. The minimum absolute atomic E-state index is 0.0137. The van der Waals surface area contributed by atoms with E-state index in [1.807, 2.05) is 52.8 Å². The number of hydrogen-bond donors (Lipinski definition) is 0. The first-order chi connectivity index (χ1) is 20.5. The number of fused-ring (bicyclic) bond motifs is 3. The molecule has 44 heavy (non-hydrogen) atoms. The molecule has 1 atom stereocenters. The molecule has 0 aliphatic carbocycles. The van der Waals surface area contributed by atoms with Crippen LogP contribution in [0.1, 0.15) is 90.2 Å². The highest BCUT2D eigenvalue weighted by Gasteiger charge is 2.60. The molecule has 1 aromatic carbocycles. The zero-order valence-electron chi connectivity index (χ0n) is 28.2. The fourth-order valence-electron chi connectivity index (χ4n) is 7.26. The van der Waals surface area contributed by atoms with Crippen LogP contribution in [0, 0.1) is 13.8 Å². The number of ketones is 1. The number of aryl methyl sites for hydroxylation is 2. The SMILES string of the molecule is Cc1cc2c(cc1C)C(=O)[C@]1(O[Si](C(C)C)(C(C)C)C(C)C)CCN(c3cnc4c(c3)OCCN4C(=O)OC(C)(C)C)C1=N2. The molecule has 0 spiro atoms. The fourth-order valence-corrected chi connectivity index (χ4v) is 12.9. The van der Waals surface area contributed by atoms with Gasteiger partial charge >= 0.3 is 6.09 Å². The minimum Gasteiger partial charge on any atom is -0.488 e. The van der Waals surface area contributed by atoms with E-state index in [0.29, 0.717) is 71.4 Å². The summed E-state index contributed by atoms with van der Waals surface area (Å²) in [6, 6.07) is 5.86. The van der Waals surface area contributed by atoms with E-state index >= 15 is 0 Å². The lowest BCUT2D eigenvalue weighted by molar-refractivity contribution is 0.0565. The van der Waals surface area contributed by atoms with E-state index in [1.165, 1.54) is 4.90 Å². The number of amides is 1. The van der Waals surface area contributed by atoms with Gasteiger partial charge in [0.1, 0.15) is 18.0 Å². The Kier molecular flexibility index (Phi) is 8.25. The number of aromatic nitrogens is 1. The summed E-state index contributed by atoms with van der Waals surface area (Å²) < 4.78 is 19.1. The summed E-state index contributed by atoms with van der Waals surface area (Å²) in [5, 5.41) is 0. The summed E-state index contributed by atoms with van der Waals surface area (Å²) in [4.78, 5) is 41.2. The van der Waals surface area contributed by atoms with Crippen molar-refractivity contribution in [1.29, 1.82) is 0 Å². The number of carbonyl (C=O) groups is 2. The minimum atomic E-state index is -2.52. The third-order valence-electron chi connectivity index (χ3n) is 9.38. The zero-order chi connectivity index (χ0) is 32.4.